The van der Waals surface area contributed by atoms with Crippen molar-refractivity contribution in [3.63, 3.8) is 0 Å². The van der Waals surface area contributed by atoms with Crippen LogP contribution >= 0.6 is 0 Å². The number of hydrogen-bond acceptors (Lipinski definition) is 5. The highest BCUT2D eigenvalue weighted by atomic mass is 16.5. The fourth-order valence-electron chi connectivity index (χ4n) is 2.11. The zero-order valence-corrected chi connectivity index (χ0v) is 13.9. The molecule has 0 fully saturated rings. The summed E-state index contributed by atoms with van der Waals surface area (Å²) in [5.74, 6) is 0.664. The standard InChI is InChI=1S/C19H18N2O4/c1-3-25-17-9-4-13(11-18(17)24-2)10-14(12-20)19(23)21-15-5-7-16(22)8-6-15/h4-11,22H,3H2,1-2H3,(H,21,23)/b14-10+. The van der Waals surface area contributed by atoms with E-state index in [9.17, 15) is 15.2 Å². The third-order valence-corrected chi connectivity index (χ3v) is 3.29. The van der Waals surface area contributed by atoms with Gasteiger partial charge in [0.15, 0.2) is 11.5 Å². The van der Waals surface area contributed by atoms with Gasteiger partial charge in [-0.3, -0.25) is 4.79 Å². The van der Waals surface area contributed by atoms with E-state index in [1.807, 2.05) is 13.0 Å². The molecule has 0 heterocycles. The van der Waals surface area contributed by atoms with Crippen LogP contribution in [0.5, 0.6) is 17.2 Å². The molecule has 0 aliphatic carbocycles. The number of rotatable bonds is 6. The minimum Gasteiger partial charge on any atom is -0.508 e. The van der Waals surface area contributed by atoms with Crippen LogP contribution in [-0.4, -0.2) is 24.7 Å². The minimum atomic E-state index is -0.541. The molecule has 2 aromatic rings. The summed E-state index contributed by atoms with van der Waals surface area (Å²) in [6, 6.07) is 13.0. The van der Waals surface area contributed by atoms with Gasteiger partial charge in [0.1, 0.15) is 17.4 Å². The molecule has 0 saturated heterocycles. The quantitative estimate of drug-likeness (QED) is 0.479. The fourth-order valence-corrected chi connectivity index (χ4v) is 2.11. The van der Waals surface area contributed by atoms with Crippen molar-refractivity contribution in [2.45, 2.75) is 6.92 Å². The summed E-state index contributed by atoms with van der Waals surface area (Å²) in [4.78, 5) is 12.2. The van der Waals surface area contributed by atoms with Crippen molar-refractivity contribution in [3.05, 3.63) is 53.6 Å². The van der Waals surface area contributed by atoms with Crippen LogP contribution in [-0.2, 0) is 4.79 Å². The first-order chi connectivity index (χ1) is 12.1. The molecule has 0 saturated carbocycles. The molecule has 0 aliphatic heterocycles. The zero-order valence-electron chi connectivity index (χ0n) is 13.9. The lowest BCUT2D eigenvalue weighted by Gasteiger charge is -2.10. The van der Waals surface area contributed by atoms with Crippen molar-refractivity contribution in [3.8, 4) is 23.3 Å². The smallest absolute Gasteiger partial charge is 0.266 e. The average molecular weight is 338 g/mol. The molecule has 0 atom stereocenters. The Balaban J connectivity index is 2.22. The highest BCUT2D eigenvalue weighted by molar-refractivity contribution is 6.09. The van der Waals surface area contributed by atoms with Crippen LogP contribution in [0.15, 0.2) is 48.0 Å². The fraction of sp³-hybridized carbons (Fsp3) is 0.158. The van der Waals surface area contributed by atoms with Gasteiger partial charge in [-0.2, -0.15) is 5.26 Å². The Morgan fingerprint density at radius 1 is 1.24 bits per heavy atom. The van der Waals surface area contributed by atoms with E-state index in [0.717, 1.165) is 0 Å². The van der Waals surface area contributed by atoms with Crippen molar-refractivity contribution in [2.75, 3.05) is 19.0 Å². The molecule has 6 heteroatoms. The van der Waals surface area contributed by atoms with E-state index >= 15 is 0 Å². The van der Waals surface area contributed by atoms with Gasteiger partial charge in [0.2, 0.25) is 0 Å². The Labute approximate surface area is 145 Å². The lowest BCUT2D eigenvalue weighted by molar-refractivity contribution is -0.112. The Morgan fingerprint density at radius 2 is 1.96 bits per heavy atom. The van der Waals surface area contributed by atoms with Crippen molar-refractivity contribution in [2.24, 2.45) is 0 Å². The highest BCUT2D eigenvalue weighted by Gasteiger charge is 2.11. The van der Waals surface area contributed by atoms with Crippen LogP contribution in [0, 0.1) is 11.3 Å². The number of amides is 1. The predicted octanol–water partition coefficient (Wildman–Crippen LogP) is 3.35. The van der Waals surface area contributed by atoms with Crippen LogP contribution < -0.4 is 14.8 Å². The van der Waals surface area contributed by atoms with E-state index in [1.165, 1.54) is 25.3 Å². The zero-order chi connectivity index (χ0) is 18.2. The van der Waals surface area contributed by atoms with Crippen molar-refractivity contribution in [1.29, 1.82) is 5.26 Å². The number of aromatic hydroxyl groups is 1. The SMILES string of the molecule is CCOc1ccc(/C=C(\C#N)C(=O)Nc2ccc(O)cc2)cc1OC. The molecule has 0 radical (unpaired) electrons. The van der Waals surface area contributed by atoms with Gasteiger partial charge < -0.3 is 19.9 Å². The molecule has 0 unspecified atom stereocenters. The maximum Gasteiger partial charge on any atom is 0.266 e. The van der Waals surface area contributed by atoms with E-state index < -0.39 is 5.91 Å². The van der Waals surface area contributed by atoms with E-state index in [4.69, 9.17) is 9.47 Å². The third-order valence-electron chi connectivity index (χ3n) is 3.29. The first-order valence-corrected chi connectivity index (χ1v) is 7.60. The largest absolute Gasteiger partial charge is 0.508 e. The molecule has 128 valence electrons. The van der Waals surface area contributed by atoms with E-state index in [0.29, 0.717) is 29.4 Å². The van der Waals surface area contributed by atoms with Crippen molar-refractivity contribution >= 4 is 17.7 Å². The number of methoxy groups -OCH3 is 1. The molecule has 2 rings (SSSR count). The van der Waals surface area contributed by atoms with Gasteiger partial charge in [-0.15, -0.1) is 0 Å². The number of nitriles is 1. The number of nitrogens with zero attached hydrogens (tertiary/aromatic N) is 1. The Bertz CT molecular complexity index is 820. The summed E-state index contributed by atoms with van der Waals surface area (Å²) in [5, 5.41) is 21.1. The lowest BCUT2D eigenvalue weighted by Crippen LogP contribution is -2.13. The molecule has 0 aromatic heterocycles. The molecular weight excluding hydrogens is 320 g/mol. The maximum atomic E-state index is 12.2. The minimum absolute atomic E-state index is 0.0562. The molecular formula is C19H18N2O4. The first kappa shape index (κ1) is 17.9. The highest BCUT2D eigenvalue weighted by Crippen LogP contribution is 2.29. The predicted molar refractivity (Wildman–Crippen MR) is 94.5 cm³/mol. The van der Waals surface area contributed by atoms with Crippen LogP contribution in [0.1, 0.15) is 12.5 Å². The lowest BCUT2D eigenvalue weighted by atomic mass is 10.1. The summed E-state index contributed by atoms with van der Waals surface area (Å²) in [7, 11) is 1.52. The Hall–Kier alpha value is -3.46. The van der Waals surface area contributed by atoms with Gasteiger partial charge >= 0.3 is 0 Å². The number of hydrogen-bond donors (Lipinski definition) is 2. The summed E-state index contributed by atoms with van der Waals surface area (Å²) >= 11 is 0. The van der Waals surface area contributed by atoms with Crippen LogP contribution in [0.3, 0.4) is 0 Å². The van der Waals surface area contributed by atoms with Gasteiger partial charge in [0.25, 0.3) is 5.91 Å². The number of benzene rings is 2. The molecule has 1 amide bonds. The third kappa shape index (κ3) is 4.75. The summed E-state index contributed by atoms with van der Waals surface area (Å²) in [6.07, 6.45) is 1.47. The maximum absolute atomic E-state index is 12.2. The Morgan fingerprint density at radius 3 is 2.56 bits per heavy atom. The average Bonchev–Trinajstić information content (AvgIpc) is 2.62. The monoisotopic (exact) mass is 338 g/mol. The summed E-state index contributed by atoms with van der Waals surface area (Å²) in [5.41, 5.74) is 1.06. The van der Waals surface area contributed by atoms with Gasteiger partial charge in [0.05, 0.1) is 13.7 Å². The topological polar surface area (TPSA) is 91.6 Å². The molecule has 6 nitrogen and oxygen atoms in total. The van der Waals surface area contributed by atoms with E-state index in [2.05, 4.69) is 5.32 Å². The Kier molecular flexibility index (Phi) is 6.02. The van der Waals surface area contributed by atoms with E-state index in [1.54, 1.807) is 30.3 Å². The van der Waals surface area contributed by atoms with Crippen LogP contribution in [0.4, 0.5) is 5.69 Å². The number of nitrogens with one attached hydrogen (secondary N) is 1. The van der Waals surface area contributed by atoms with Crippen LogP contribution in [0.2, 0.25) is 0 Å². The van der Waals surface area contributed by atoms with Gasteiger partial charge in [-0.05, 0) is 55.0 Å². The molecule has 0 aliphatic rings. The number of phenols is 1. The second-order valence-electron chi connectivity index (χ2n) is 5.01. The normalized spacial score (nSPS) is 10.7. The number of phenolic OH excluding ortho intramolecular Hbond substituents is 1. The number of carbonyl (C=O) groups excluding carboxylic acids is 1. The van der Waals surface area contributed by atoms with Gasteiger partial charge in [-0.25, -0.2) is 0 Å². The number of carbonyl (C=O) groups is 1. The van der Waals surface area contributed by atoms with Crippen molar-refractivity contribution in [1.82, 2.24) is 0 Å². The number of ether oxygens (including phenoxy) is 2. The molecule has 0 spiro atoms. The molecule has 25 heavy (non-hydrogen) atoms. The van der Waals surface area contributed by atoms with Crippen molar-refractivity contribution < 1.29 is 19.4 Å². The number of anilines is 1. The molecule has 0 bridgehead atoms. The van der Waals surface area contributed by atoms with Gasteiger partial charge in [-0.1, -0.05) is 6.07 Å². The van der Waals surface area contributed by atoms with Crippen LogP contribution in [0.25, 0.3) is 6.08 Å². The summed E-state index contributed by atoms with van der Waals surface area (Å²) < 4.78 is 10.7. The molecule has 2 N–H and O–H groups in total. The molecule has 2 aromatic carbocycles. The van der Waals surface area contributed by atoms with Gasteiger partial charge in [0, 0.05) is 5.69 Å². The summed E-state index contributed by atoms with van der Waals surface area (Å²) in [6.45, 7) is 2.37. The second kappa shape index (κ2) is 8.41. The van der Waals surface area contributed by atoms with E-state index in [-0.39, 0.29) is 11.3 Å². The second-order valence-corrected chi connectivity index (χ2v) is 5.01. The first-order valence-electron chi connectivity index (χ1n) is 7.60.